The monoisotopic (exact) mass is 356 g/mol. The molecule has 0 aromatic carbocycles. The van der Waals surface area contributed by atoms with Gasteiger partial charge in [0.25, 0.3) is 0 Å². The third-order valence-electron chi connectivity index (χ3n) is 3.91. The SMILES string of the molecule is Cc1noc(C)c1S(=O)(=O)N(Cc1cccs1)C[C@@H]1CCCO1. The molecule has 0 unspecified atom stereocenters. The van der Waals surface area contributed by atoms with Gasteiger partial charge < -0.3 is 9.26 Å². The number of aryl methyl sites for hydroxylation is 2. The van der Waals surface area contributed by atoms with Crippen LogP contribution in [0.25, 0.3) is 0 Å². The van der Waals surface area contributed by atoms with Crippen molar-refractivity contribution < 1.29 is 17.7 Å². The molecular weight excluding hydrogens is 336 g/mol. The molecule has 1 aliphatic rings. The lowest BCUT2D eigenvalue weighted by atomic mass is 10.2. The van der Waals surface area contributed by atoms with Gasteiger partial charge in [-0.1, -0.05) is 11.2 Å². The van der Waals surface area contributed by atoms with Crippen LogP contribution in [0.5, 0.6) is 0 Å². The smallest absolute Gasteiger partial charge is 0.248 e. The molecule has 1 atom stereocenters. The highest BCUT2D eigenvalue weighted by molar-refractivity contribution is 7.89. The molecule has 0 aliphatic carbocycles. The summed E-state index contributed by atoms with van der Waals surface area (Å²) < 4.78 is 38.4. The maximum absolute atomic E-state index is 13.1. The van der Waals surface area contributed by atoms with Crippen LogP contribution in [0.2, 0.25) is 0 Å². The Hall–Kier alpha value is -1.22. The second kappa shape index (κ2) is 6.72. The van der Waals surface area contributed by atoms with Crippen molar-refractivity contribution in [1.82, 2.24) is 9.46 Å². The van der Waals surface area contributed by atoms with Crippen LogP contribution in [0.15, 0.2) is 26.9 Å². The van der Waals surface area contributed by atoms with E-state index in [0.717, 1.165) is 17.7 Å². The highest BCUT2D eigenvalue weighted by Crippen LogP contribution is 2.27. The van der Waals surface area contributed by atoms with E-state index in [9.17, 15) is 8.42 Å². The van der Waals surface area contributed by atoms with Crippen LogP contribution in [0.1, 0.15) is 29.2 Å². The van der Waals surface area contributed by atoms with E-state index in [-0.39, 0.29) is 11.0 Å². The van der Waals surface area contributed by atoms with E-state index in [2.05, 4.69) is 5.16 Å². The fraction of sp³-hybridized carbons (Fsp3) is 0.533. The van der Waals surface area contributed by atoms with Gasteiger partial charge in [0.1, 0.15) is 10.6 Å². The molecule has 126 valence electrons. The lowest BCUT2D eigenvalue weighted by Gasteiger charge is -2.24. The number of thiophene rings is 1. The van der Waals surface area contributed by atoms with E-state index in [1.165, 1.54) is 4.31 Å². The van der Waals surface area contributed by atoms with Gasteiger partial charge in [0.2, 0.25) is 10.0 Å². The van der Waals surface area contributed by atoms with Crippen LogP contribution < -0.4 is 0 Å². The van der Waals surface area contributed by atoms with E-state index >= 15 is 0 Å². The first-order chi connectivity index (χ1) is 11.0. The zero-order chi connectivity index (χ0) is 16.4. The van der Waals surface area contributed by atoms with E-state index in [1.54, 1.807) is 25.2 Å². The second-order valence-corrected chi connectivity index (χ2v) is 8.57. The number of nitrogens with zero attached hydrogens (tertiary/aromatic N) is 2. The molecular formula is C15H20N2O4S2. The molecule has 8 heteroatoms. The van der Waals surface area contributed by atoms with Gasteiger partial charge in [0.05, 0.1) is 6.10 Å². The Kier molecular flexibility index (Phi) is 4.86. The molecule has 1 saturated heterocycles. The molecule has 0 N–H and O–H groups in total. The van der Waals surface area contributed by atoms with Gasteiger partial charge in [-0.3, -0.25) is 0 Å². The number of sulfonamides is 1. The van der Waals surface area contributed by atoms with Crippen molar-refractivity contribution in [3.05, 3.63) is 33.8 Å². The largest absolute Gasteiger partial charge is 0.377 e. The van der Waals surface area contributed by atoms with Crippen LogP contribution in [0, 0.1) is 13.8 Å². The summed E-state index contributed by atoms with van der Waals surface area (Å²) in [7, 11) is -3.68. The van der Waals surface area contributed by atoms with Crippen LogP contribution >= 0.6 is 11.3 Å². The van der Waals surface area contributed by atoms with E-state index in [4.69, 9.17) is 9.26 Å². The summed E-state index contributed by atoms with van der Waals surface area (Å²) >= 11 is 1.54. The Morgan fingerprint density at radius 1 is 1.43 bits per heavy atom. The van der Waals surface area contributed by atoms with Gasteiger partial charge in [-0.2, -0.15) is 4.31 Å². The number of hydrogen-bond acceptors (Lipinski definition) is 6. The molecule has 1 fully saturated rings. The Labute approximate surface area is 140 Å². The predicted octanol–water partition coefficient (Wildman–Crippen LogP) is 2.72. The van der Waals surface area contributed by atoms with E-state index < -0.39 is 10.0 Å². The molecule has 3 rings (SSSR count). The number of rotatable bonds is 6. The summed E-state index contributed by atoms with van der Waals surface area (Å²) in [6, 6.07) is 3.86. The van der Waals surface area contributed by atoms with Crippen LogP contribution in [-0.4, -0.2) is 37.1 Å². The molecule has 6 nitrogen and oxygen atoms in total. The minimum atomic E-state index is -3.68. The Morgan fingerprint density at radius 3 is 2.83 bits per heavy atom. The number of aromatic nitrogens is 1. The molecule has 2 aromatic heterocycles. The quantitative estimate of drug-likeness (QED) is 0.796. The summed E-state index contributed by atoms with van der Waals surface area (Å²) in [4.78, 5) is 1.17. The van der Waals surface area contributed by atoms with Gasteiger partial charge in [0, 0.05) is 24.6 Å². The Morgan fingerprint density at radius 2 is 2.26 bits per heavy atom. The van der Waals surface area contributed by atoms with Crippen molar-refractivity contribution in [3.63, 3.8) is 0 Å². The topological polar surface area (TPSA) is 72.6 Å². The molecule has 0 amide bonds. The summed E-state index contributed by atoms with van der Waals surface area (Å²) in [6.07, 6.45) is 1.81. The average Bonchev–Trinajstić information content (AvgIpc) is 3.21. The third kappa shape index (κ3) is 3.50. The first-order valence-electron chi connectivity index (χ1n) is 7.55. The van der Waals surface area contributed by atoms with Gasteiger partial charge in [-0.25, -0.2) is 8.42 Å². The van der Waals surface area contributed by atoms with Gasteiger partial charge in [0.15, 0.2) is 5.76 Å². The Bertz CT molecular complexity index is 727. The summed E-state index contributed by atoms with van der Waals surface area (Å²) in [5.74, 6) is 0.325. The van der Waals surface area contributed by atoms with Gasteiger partial charge in [-0.15, -0.1) is 11.3 Å². The molecule has 23 heavy (non-hydrogen) atoms. The lowest BCUT2D eigenvalue weighted by Crippen LogP contribution is -2.37. The van der Waals surface area contributed by atoms with Crippen molar-refractivity contribution in [2.24, 2.45) is 0 Å². The molecule has 0 saturated carbocycles. The average molecular weight is 356 g/mol. The zero-order valence-electron chi connectivity index (χ0n) is 13.2. The second-order valence-electron chi connectivity index (χ2n) is 5.67. The summed E-state index contributed by atoms with van der Waals surface area (Å²) in [5, 5.41) is 5.73. The molecule has 3 heterocycles. The minimum Gasteiger partial charge on any atom is -0.377 e. The molecule has 2 aromatic rings. The predicted molar refractivity (Wildman–Crippen MR) is 86.9 cm³/mol. The first kappa shape index (κ1) is 16.6. The molecule has 0 bridgehead atoms. The van der Waals surface area contributed by atoms with E-state index in [1.807, 2.05) is 17.5 Å². The molecule has 0 spiro atoms. The van der Waals surface area contributed by atoms with Crippen molar-refractivity contribution in [2.75, 3.05) is 13.2 Å². The maximum atomic E-state index is 13.1. The molecule has 0 radical (unpaired) electrons. The van der Waals surface area contributed by atoms with E-state index in [0.29, 0.717) is 31.2 Å². The van der Waals surface area contributed by atoms with Crippen LogP contribution in [0.3, 0.4) is 0 Å². The normalized spacial score (nSPS) is 18.8. The number of hydrogen-bond donors (Lipinski definition) is 0. The van der Waals surface area contributed by atoms with Crippen molar-refractivity contribution >= 4 is 21.4 Å². The summed E-state index contributed by atoms with van der Waals surface area (Å²) in [5.41, 5.74) is 0.394. The fourth-order valence-corrected chi connectivity index (χ4v) is 5.35. The standard InChI is InChI=1S/C15H20N2O4S2/c1-11-15(12(2)21-16-11)23(18,19)17(9-13-5-3-7-20-13)10-14-6-4-8-22-14/h4,6,8,13H,3,5,7,9-10H2,1-2H3/t13-/m0/s1. The maximum Gasteiger partial charge on any atom is 0.248 e. The summed E-state index contributed by atoms with van der Waals surface area (Å²) in [6.45, 7) is 4.66. The van der Waals surface area contributed by atoms with Crippen molar-refractivity contribution in [2.45, 2.75) is 44.2 Å². The highest BCUT2D eigenvalue weighted by atomic mass is 32.2. The van der Waals surface area contributed by atoms with Crippen LogP contribution in [0.4, 0.5) is 0 Å². The third-order valence-corrected chi connectivity index (χ3v) is 6.83. The number of ether oxygens (including phenoxy) is 1. The minimum absolute atomic E-state index is 0.0507. The first-order valence-corrected chi connectivity index (χ1v) is 9.87. The lowest BCUT2D eigenvalue weighted by molar-refractivity contribution is 0.0927. The van der Waals surface area contributed by atoms with Crippen molar-refractivity contribution in [3.8, 4) is 0 Å². The fourth-order valence-electron chi connectivity index (χ4n) is 2.81. The van der Waals surface area contributed by atoms with Gasteiger partial charge in [-0.05, 0) is 38.1 Å². The zero-order valence-corrected chi connectivity index (χ0v) is 14.8. The highest BCUT2D eigenvalue weighted by Gasteiger charge is 2.33. The van der Waals surface area contributed by atoms with Crippen molar-refractivity contribution in [1.29, 1.82) is 0 Å². The van der Waals surface area contributed by atoms with Crippen LogP contribution in [-0.2, 0) is 21.3 Å². The van der Waals surface area contributed by atoms with Gasteiger partial charge >= 0.3 is 0 Å². The molecule has 1 aliphatic heterocycles. The Balaban J connectivity index is 1.92.